The van der Waals surface area contributed by atoms with Crippen molar-refractivity contribution in [1.82, 2.24) is 9.97 Å². The molecule has 6 heteroatoms. The first-order valence-electron chi connectivity index (χ1n) is 4.84. The van der Waals surface area contributed by atoms with Crippen LogP contribution in [-0.2, 0) is 0 Å². The molecule has 0 radical (unpaired) electrons. The first kappa shape index (κ1) is 11.1. The maximum atomic E-state index is 13.1. The topological polar surface area (TPSA) is 92.0 Å². The van der Waals surface area contributed by atoms with Crippen molar-refractivity contribution in [3.63, 3.8) is 0 Å². The van der Waals surface area contributed by atoms with E-state index in [0.29, 0.717) is 11.1 Å². The van der Waals surface area contributed by atoms with Gasteiger partial charge in [-0.15, -0.1) is 0 Å². The highest BCUT2D eigenvalue weighted by Crippen LogP contribution is 2.24. The van der Waals surface area contributed by atoms with Gasteiger partial charge in [-0.3, -0.25) is 0 Å². The van der Waals surface area contributed by atoms with Crippen LogP contribution in [0.2, 0.25) is 0 Å². The molecule has 1 aromatic carbocycles. The molecule has 0 aliphatic carbocycles. The standard InChI is InChI=1S/C11H10FN3O2/c1-5-4-6(2-3-7(5)12)8-9(10(16)17)15-11(13)14-8/h2-4H,1H3,(H,16,17)(H3,13,14,15). The van der Waals surface area contributed by atoms with Crippen molar-refractivity contribution in [2.75, 3.05) is 5.73 Å². The van der Waals surface area contributed by atoms with Crippen LogP contribution < -0.4 is 5.73 Å². The zero-order valence-electron chi connectivity index (χ0n) is 8.99. The van der Waals surface area contributed by atoms with Gasteiger partial charge in [-0.05, 0) is 30.7 Å². The number of hydrogen-bond acceptors (Lipinski definition) is 3. The summed E-state index contributed by atoms with van der Waals surface area (Å²) < 4.78 is 13.1. The minimum atomic E-state index is -1.16. The molecule has 0 saturated heterocycles. The van der Waals surface area contributed by atoms with Gasteiger partial charge in [0.25, 0.3) is 0 Å². The lowest BCUT2D eigenvalue weighted by molar-refractivity contribution is 0.0692. The number of aromatic carboxylic acids is 1. The molecular weight excluding hydrogens is 225 g/mol. The van der Waals surface area contributed by atoms with E-state index >= 15 is 0 Å². The molecular formula is C11H10FN3O2. The average molecular weight is 235 g/mol. The Kier molecular flexibility index (Phi) is 2.55. The predicted octanol–water partition coefficient (Wildman–Crippen LogP) is 1.80. The molecule has 1 aromatic heterocycles. The Morgan fingerprint density at radius 2 is 2.24 bits per heavy atom. The van der Waals surface area contributed by atoms with Crippen LogP contribution in [0.4, 0.5) is 10.3 Å². The van der Waals surface area contributed by atoms with Crippen LogP contribution in [0.5, 0.6) is 0 Å². The van der Waals surface area contributed by atoms with Crippen molar-refractivity contribution < 1.29 is 14.3 Å². The molecule has 17 heavy (non-hydrogen) atoms. The number of aryl methyl sites for hydroxylation is 1. The van der Waals surface area contributed by atoms with E-state index in [4.69, 9.17) is 10.8 Å². The fourth-order valence-electron chi connectivity index (χ4n) is 1.55. The third-order valence-electron chi connectivity index (χ3n) is 2.37. The molecule has 2 rings (SSSR count). The fourth-order valence-corrected chi connectivity index (χ4v) is 1.55. The summed E-state index contributed by atoms with van der Waals surface area (Å²) in [5, 5.41) is 8.96. The second-order valence-corrected chi connectivity index (χ2v) is 3.61. The van der Waals surface area contributed by atoms with E-state index in [2.05, 4.69) is 9.97 Å². The van der Waals surface area contributed by atoms with Gasteiger partial charge in [-0.25, -0.2) is 14.2 Å². The molecule has 4 N–H and O–H groups in total. The van der Waals surface area contributed by atoms with E-state index in [1.54, 1.807) is 6.92 Å². The molecule has 5 nitrogen and oxygen atoms in total. The second-order valence-electron chi connectivity index (χ2n) is 3.61. The lowest BCUT2D eigenvalue weighted by atomic mass is 10.1. The van der Waals surface area contributed by atoms with Crippen molar-refractivity contribution in [1.29, 1.82) is 0 Å². The Hall–Kier alpha value is -2.37. The monoisotopic (exact) mass is 235 g/mol. The van der Waals surface area contributed by atoms with E-state index in [0.717, 1.165) is 0 Å². The summed E-state index contributed by atoms with van der Waals surface area (Å²) in [4.78, 5) is 17.3. The summed E-state index contributed by atoms with van der Waals surface area (Å²) in [7, 11) is 0. The number of imidazole rings is 1. The van der Waals surface area contributed by atoms with Crippen LogP contribution in [0.15, 0.2) is 18.2 Å². The number of benzene rings is 1. The van der Waals surface area contributed by atoms with Crippen LogP contribution in [-0.4, -0.2) is 21.0 Å². The first-order chi connectivity index (χ1) is 7.99. The molecule has 0 aliphatic rings. The smallest absolute Gasteiger partial charge is 0.354 e. The maximum absolute atomic E-state index is 13.1. The minimum absolute atomic E-state index is 0.0133. The fraction of sp³-hybridized carbons (Fsp3) is 0.0909. The maximum Gasteiger partial charge on any atom is 0.354 e. The van der Waals surface area contributed by atoms with Gasteiger partial charge in [0.05, 0.1) is 0 Å². The SMILES string of the molecule is Cc1cc(-c2nc(N)[nH]c2C(=O)O)ccc1F. The summed E-state index contributed by atoms with van der Waals surface area (Å²) in [6.45, 7) is 1.59. The molecule has 1 heterocycles. The molecule has 0 unspecified atom stereocenters. The van der Waals surface area contributed by atoms with E-state index < -0.39 is 5.97 Å². The average Bonchev–Trinajstić information content (AvgIpc) is 2.64. The molecule has 0 amide bonds. The van der Waals surface area contributed by atoms with E-state index in [-0.39, 0.29) is 23.2 Å². The number of carboxylic acids is 1. The number of halogens is 1. The number of nitrogen functional groups attached to an aromatic ring is 1. The Morgan fingerprint density at radius 3 is 2.82 bits per heavy atom. The first-order valence-corrected chi connectivity index (χ1v) is 4.84. The number of H-pyrrole nitrogens is 1. The van der Waals surface area contributed by atoms with Gasteiger partial charge in [0, 0.05) is 5.56 Å². The number of rotatable bonds is 2. The van der Waals surface area contributed by atoms with Gasteiger partial charge in [0.15, 0.2) is 11.6 Å². The van der Waals surface area contributed by atoms with Crippen molar-refractivity contribution in [3.05, 3.63) is 35.3 Å². The molecule has 88 valence electrons. The van der Waals surface area contributed by atoms with Crippen molar-refractivity contribution in [2.45, 2.75) is 6.92 Å². The Labute approximate surface area is 96.1 Å². The zero-order valence-corrected chi connectivity index (χ0v) is 8.99. The number of carboxylic acid groups (broad SMARTS) is 1. The predicted molar refractivity (Wildman–Crippen MR) is 60.1 cm³/mol. The molecule has 0 fully saturated rings. The minimum Gasteiger partial charge on any atom is -0.477 e. The van der Waals surface area contributed by atoms with Crippen LogP contribution in [0.25, 0.3) is 11.3 Å². The van der Waals surface area contributed by atoms with Gasteiger partial charge in [-0.1, -0.05) is 0 Å². The molecule has 0 bridgehead atoms. The number of anilines is 1. The highest BCUT2D eigenvalue weighted by Gasteiger charge is 2.17. The Morgan fingerprint density at radius 1 is 1.53 bits per heavy atom. The normalized spacial score (nSPS) is 10.5. The molecule has 0 atom stereocenters. The third kappa shape index (κ3) is 1.96. The van der Waals surface area contributed by atoms with Crippen molar-refractivity contribution in [2.24, 2.45) is 0 Å². The summed E-state index contributed by atoms with van der Waals surface area (Å²) in [6.07, 6.45) is 0. The summed E-state index contributed by atoms with van der Waals surface area (Å²) in [5.41, 5.74) is 6.45. The van der Waals surface area contributed by atoms with E-state index in [1.165, 1.54) is 18.2 Å². The molecule has 2 aromatic rings. The number of nitrogens with zero attached hydrogens (tertiary/aromatic N) is 1. The van der Waals surface area contributed by atoms with Crippen molar-refractivity contribution in [3.8, 4) is 11.3 Å². The number of hydrogen-bond donors (Lipinski definition) is 3. The van der Waals surface area contributed by atoms with Gasteiger partial charge < -0.3 is 15.8 Å². The van der Waals surface area contributed by atoms with Crippen LogP contribution >= 0.6 is 0 Å². The largest absolute Gasteiger partial charge is 0.477 e. The van der Waals surface area contributed by atoms with Gasteiger partial charge in [0.1, 0.15) is 11.5 Å². The molecule has 0 saturated carbocycles. The summed E-state index contributed by atoms with van der Waals surface area (Å²) in [5.74, 6) is -1.50. The highest BCUT2D eigenvalue weighted by molar-refractivity contribution is 5.93. The number of nitrogens with two attached hydrogens (primary N) is 1. The number of carbonyl (C=O) groups is 1. The van der Waals surface area contributed by atoms with Crippen LogP contribution in [0.3, 0.4) is 0 Å². The quantitative estimate of drug-likeness (QED) is 0.740. The van der Waals surface area contributed by atoms with Gasteiger partial charge >= 0.3 is 5.97 Å². The molecule has 0 spiro atoms. The second kappa shape index (κ2) is 3.89. The number of nitrogens with one attached hydrogen (secondary N) is 1. The van der Waals surface area contributed by atoms with Gasteiger partial charge in [0.2, 0.25) is 0 Å². The van der Waals surface area contributed by atoms with E-state index in [1.807, 2.05) is 0 Å². The van der Waals surface area contributed by atoms with Crippen molar-refractivity contribution >= 4 is 11.9 Å². The number of aromatic nitrogens is 2. The number of aromatic amines is 1. The lowest BCUT2D eigenvalue weighted by Crippen LogP contribution is -1.99. The summed E-state index contributed by atoms with van der Waals surface area (Å²) >= 11 is 0. The Bertz CT molecular complexity index is 592. The highest BCUT2D eigenvalue weighted by atomic mass is 19.1. The Balaban J connectivity index is 2.59. The zero-order chi connectivity index (χ0) is 12.6. The molecule has 0 aliphatic heterocycles. The van der Waals surface area contributed by atoms with Crippen LogP contribution in [0.1, 0.15) is 16.1 Å². The van der Waals surface area contributed by atoms with E-state index in [9.17, 15) is 9.18 Å². The third-order valence-corrected chi connectivity index (χ3v) is 2.37. The van der Waals surface area contributed by atoms with Crippen LogP contribution in [0, 0.1) is 12.7 Å². The lowest BCUT2D eigenvalue weighted by Gasteiger charge is -2.01. The van der Waals surface area contributed by atoms with Gasteiger partial charge in [-0.2, -0.15) is 0 Å². The summed E-state index contributed by atoms with van der Waals surface area (Å²) in [6, 6.07) is 4.25.